The summed E-state index contributed by atoms with van der Waals surface area (Å²) in [5, 5.41) is 0. The number of Topliss-reactive ketones (excluding diaryl/α,β-unsaturated/α-hetero) is 1. The van der Waals surface area contributed by atoms with Gasteiger partial charge in [0.2, 0.25) is 10.0 Å². The molecule has 1 aliphatic heterocycles. The SMILES string of the molecule is CCCS(=O)(=O)N1CCC(C(=O)c2cc(C)ccc2C)CC1. The van der Waals surface area contributed by atoms with Gasteiger partial charge in [-0.3, -0.25) is 4.79 Å². The Hall–Kier alpha value is -1.20. The molecule has 0 spiro atoms. The van der Waals surface area contributed by atoms with Crippen LogP contribution in [0.3, 0.4) is 0 Å². The van der Waals surface area contributed by atoms with E-state index in [2.05, 4.69) is 0 Å². The molecule has 0 saturated carbocycles. The van der Waals surface area contributed by atoms with Gasteiger partial charge in [0.1, 0.15) is 0 Å². The minimum atomic E-state index is -3.14. The molecule has 0 N–H and O–H groups in total. The number of nitrogens with zero attached hydrogens (tertiary/aromatic N) is 1. The highest BCUT2D eigenvalue weighted by Crippen LogP contribution is 2.25. The Kier molecular flexibility index (Phi) is 5.40. The standard InChI is InChI=1S/C17H25NO3S/c1-4-11-22(20,21)18-9-7-15(8-10-18)17(19)16-12-13(2)5-6-14(16)3/h5-6,12,15H,4,7-11H2,1-3H3. The summed E-state index contributed by atoms with van der Waals surface area (Å²) in [7, 11) is -3.14. The fourth-order valence-electron chi connectivity index (χ4n) is 3.00. The van der Waals surface area contributed by atoms with Crippen LogP contribution in [0.15, 0.2) is 18.2 Å². The number of hydrogen-bond acceptors (Lipinski definition) is 3. The minimum Gasteiger partial charge on any atom is -0.294 e. The number of carbonyl (C=O) groups excluding carboxylic acids is 1. The van der Waals surface area contributed by atoms with Gasteiger partial charge in [-0.15, -0.1) is 0 Å². The van der Waals surface area contributed by atoms with Crippen molar-refractivity contribution in [1.29, 1.82) is 0 Å². The molecule has 1 aromatic carbocycles. The summed E-state index contributed by atoms with van der Waals surface area (Å²) < 4.78 is 25.7. The highest BCUT2D eigenvalue weighted by atomic mass is 32.2. The maximum absolute atomic E-state index is 12.7. The van der Waals surface area contributed by atoms with Crippen LogP contribution in [0.1, 0.15) is 47.7 Å². The number of piperidine rings is 1. The zero-order chi connectivity index (χ0) is 16.3. The molecule has 1 aliphatic rings. The Balaban J connectivity index is 2.05. The van der Waals surface area contributed by atoms with Crippen LogP contribution in [-0.2, 0) is 10.0 Å². The van der Waals surface area contributed by atoms with Crippen molar-refractivity contribution in [1.82, 2.24) is 4.31 Å². The van der Waals surface area contributed by atoms with E-state index in [9.17, 15) is 13.2 Å². The first-order valence-corrected chi connectivity index (χ1v) is 9.55. The van der Waals surface area contributed by atoms with Crippen LogP contribution >= 0.6 is 0 Å². The molecule has 2 rings (SSSR count). The zero-order valence-electron chi connectivity index (χ0n) is 13.6. The quantitative estimate of drug-likeness (QED) is 0.783. The average molecular weight is 323 g/mol. The van der Waals surface area contributed by atoms with Gasteiger partial charge in [0, 0.05) is 24.6 Å². The topological polar surface area (TPSA) is 54.5 Å². The van der Waals surface area contributed by atoms with Crippen LogP contribution in [0.25, 0.3) is 0 Å². The third-order valence-corrected chi connectivity index (χ3v) is 6.41. The largest absolute Gasteiger partial charge is 0.294 e. The Morgan fingerprint density at radius 1 is 1.23 bits per heavy atom. The summed E-state index contributed by atoms with van der Waals surface area (Å²) in [4.78, 5) is 12.7. The molecule has 1 saturated heterocycles. The van der Waals surface area contributed by atoms with Gasteiger partial charge in [0.25, 0.3) is 0 Å². The molecule has 0 bridgehead atoms. The van der Waals surface area contributed by atoms with Gasteiger partial charge in [-0.25, -0.2) is 12.7 Å². The van der Waals surface area contributed by atoms with Crippen molar-refractivity contribution >= 4 is 15.8 Å². The Morgan fingerprint density at radius 2 is 1.86 bits per heavy atom. The van der Waals surface area contributed by atoms with Crippen LogP contribution in [0, 0.1) is 19.8 Å². The first-order valence-electron chi connectivity index (χ1n) is 7.94. The smallest absolute Gasteiger partial charge is 0.214 e. The summed E-state index contributed by atoms with van der Waals surface area (Å²) in [6.45, 7) is 6.73. The van der Waals surface area contributed by atoms with Crippen LogP contribution in [-0.4, -0.2) is 37.3 Å². The van der Waals surface area contributed by atoms with E-state index < -0.39 is 10.0 Å². The normalized spacial score (nSPS) is 17.6. The predicted octanol–water partition coefficient (Wildman–Crippen LogP) is 2.94. The van der Waals surface area contributed by atoms with Gasteiger partial charge in [0.05, 0.1) is 5.75 Å². The Bertz CT molecular complexity index is 644. The van der Waals surface area contributed by atoms with E-state index in [-0.39, 0.29) is 17.5 Å². The lowest BCUT2D eigenvalue weighted by molar-refractivity contribution is 0.0874. The first kappa shape index (κ1) is 17.2. The Morgan fingerprint density at radius 3 is 2.45 bits per heavy atom. The predicted molar refractivity (Wildman–Crippen MR) is 88.6 cm³/mol. The second-order valence-electron chi connectivity index (χ2n) is 6.17. The van der Waals surface area contributed by atoms with Crippen molar-refractivity contribution in [2.75, 3.05) is 18.8 Å². The molecule has 0 radical (unpaired) electrons. The van der Waals surface area contributed by atoms with Gasteiger partial charge in [-0.2, -0.15) is 0 Å². The number of ketones is 1. The average Bonchev–Trinajstić information content (AvgIpc) is 2.49. The van der Waals surface area contributed by atoms with E-state index in [0.29, 0.717) is 32.4 Å². The molecular weight excluding hydrogens is 298 g/mol. The number of sulfonamides is 1. The molecule has 0 amide bonds. The molecule has 0 aliphatic carbocycles. The molecule has 0 aromatic heterocycles. The number of rotatable bonds is 5. The minimum absolute atomic E-state index is 0.0615. The second-order valence-corrected chi connectivity index (χ2v) is 8.26. The van der Waals surface area contributed by atoms with Crippen LogP contribution in [0.2, 0.25) is 0 Å². The van der Waals surface area contributed by atoms with Gasteiger partial charge < -0.3 is 0 Å². The lowest BCUT2D eigenvalue weighted by Gasteiger charge is -2.30. The van der Waals surface area contributed by atoms with E-state index in [1.54, 1.807) is 4.31 Å². The lowest BCUT2D eigenvalue weighted by atomic mass is 9.87. The number of aryl methyl sites for hydroxylation is 2. The number of carbonyl (C=O) groups is 1. The van der Waals surface area contributed by atoms with Crippen LogP contribution in [0.5, 0.6) is 0 Å². The van der Waals surface area contributed by atoms with E-state index in [4.69, 9.17) is 0 Å². The summed E-state index contributed by atoms with van der Waals surface area (Å²) >= 11 is 0. The van der Waals surface area contributed by atoms with Crippen molar-refractivity contribution in [3.8, 4) is 0 Å². The monoisotopic (exact) mass is 323 g/mol. The third-order valence-electron chi connectivity index (χ3n) is 4.34. The summed E-state index contributed by atoms with van der Waals surface area (Å²) in [5.74, 6) is 0.296. The molecule has 0 unspecified atom stereocenters. The second kappa shape index (κ2) is 6.92. The van der Waals surface area contributed by atoms with E-state index in [0.717, 1.165) is 16.7 Å². The van der Waals surface area contributed by atoms with Crippen molar-refractivity contribution in [3.63, 3.8) is 0 Å². The maximum Gasteiger partial charge on any atom is 0.214 e. The van der Waals surface area contributed by atoms with E-state index >= 15 is 0 Å². The van der Waals surface area contributed by atoms with Crippen LogP contribution in [0.4, 0.5) is 0 Å². The maximum atomic E-state index is 12.7. The first-order chi connectivity index (χ1) is 10.3. The van der Waals surface area contributed by atoms with Crippen LogP contribution < -0.4 is 0 Å². The number of hydrogen-bond donors (Lipinski definition) is 0. The molecule has 1 fully saturated rings. The van der Waals surface area contributed by atoms with E-state index in [1.807, 2.05) is 39.0 Å². The third kappa shape index (κ3) is 3.76. The van der Waals surface area contributed by atoms with Gasteiger partial charge in [0.15, 0.2) is 5.78 Å². The molecule has 4 nitrogen and oxygen atoms in total. The van der Waals surface area contributed by atoms with Gasteiger partial charge in [-0.1, -0.05) is 24.6 Å². The lowest BCUT2D eigenvalue weighted by Crippen LogP contribution is -2.41. The summed E-state index contributed by atoms with van der Waals surface area (Å²) in [5.41, 5.74) is 2.86. The van der Waals surface area contributed by atoms with Crippen molar-refractivity contribution in [2.45, 2.75) is 40.0 Å². The fourth-order valence-corrected chi connectivity index (χ4v) is 4.55. The van der Waals surface area contributed by atoms with Gasteiger partial charge >= 0.3 is 0 Å². The molecule has 5 heteroatoms. The Labute approximate surface area is 133 Å². The molecule has 22 heavy (non-hydrogen) atoms. The molecule has 0 atom stereocenters. The van der Waals surface area contributed by atoms with Gasteiger partial charge in [-0.05, 0) is 44.7 Å². The molecular formula is C17H25NO3S. The highest BCUT2D eigenvalue weighted by Gasteiger charge is 2.31. The highest BCUT2D eigenvalue weighted by molar-refractivity contribution is 7.89. The number of benzene rings is 1. The van der Waals surface area contributed by atoms with Crippen molar-refractivity contribution in [2.24, 2.45) is 5.92 Å². The van der Waals surface area contributed by atoms with Crippen molar-refractivity contribution < 1.29 is 13.2 Å². The summed E-state index contributed by atoms with van der Waals surface area (Å²) in [6.07, 6.45) is 1.87. The van der Waals surface area contributed by atoms with Crippen molar-refractivity contribution in [3.05, 3.63) is 34.9 Å². The molecule has 1 aromatic rings. The van der Waals surface area contributed by atoms with E-state index in [1.165, 1.54) is 0 Å². The fraction of sp³-hybridized carbons (Fsp3) is 0.588. The molecule has 1 heterocycles. The zero-order valence-corrected chi connectivity index (χ0v) is 14.4. The summed E-state index contributed by atoms with van der Waals surface area (Å²) in [6, 6.07) is 5.92. The molecule has 122 valence electrons.